The molecule has 0 amide bonds. The van der Waals surface area contributed by atoms with Gasteiger partial charge < -0.3 is 47.9 Å². The van der Waals surface area contributed by atoms with Gasteiger partial charge in [0.25, 0.3) is 0 Å². The van der Waals surface area contributed by atoms with Crippen LogP contribution in [0.25, 0.3) is 90.9 Å². The fourth-order valence-corrected chi connectivity index (χ4v) is 19.3. The molecule has 136 heavy (non-hydrogen) atoms. The van der Waals surface area contributed by atoms with E-state index in [-0.39, 0.29) is 0 Å². The zero-order valence-corrected chi connectivity index (χ0v) is 87.6. The number of nitrogens with zero attached hydrogens (tertiary/aromatic N) is 2. The van der Waals surface area contributed by atoms with Crippen LogP contribution in [0, 0.1) is 0 Å². The van der Waals surface area contributed by atoms with Gasteiger partial charge >= 0.3 is 0 Å². The van der Waals surface area contributed by atoms with Crippen molar-refractivity contribution >= 4 is 46.4 Å². The number of rotatable bonds is 84. The van der Waals surface area contributed by atoms with Crippen LogP contribution in [0.1, 0.15) is 489 Å². The third-order valence-corrected chi connectivity index (χ3v) is 27.7. The largest absolute Gasteiger partial charge is 0.490 e. The lowest BCUT2D eigenvalue weighted by molar-refractivity contribution is 0.258. The molecule has 2 aliphatic heterocycles. The Morgan fingerprint density at radius 2 is 0.301 bits per heavy atom. The second-order valence-electron chi connectivity index (χ2n) is 39.7. The molecular formula is C124H190N4O8. The maximum atomic E-state index is 7.07. The molecule has 4 aromatic carbocycles. The maximum absolute atomic E-state index is 7.07. The predicted molar refractivity (Wildman–Crippen MR) is 585 cm³/mol. The smallest absolute Gasteiger partial charge is 0.161 e. The third kappa shape index (κ3) is 42.1. The number of nitrogens with one attached hydrogen (secondary N) is 2. The van der Waals surface area contributed by atoms with E-state index in [9.17, 15) is 0 Å². The highest BCUT2D eigenvalue weighted by molar-refractivity contribution is 6.00. The minimum Gasteiger partial charge on any atom is -0.490 e. The fraction of sp³-hybridized carbons (Fsp3) is 0.645. The monoisotopic (exact) mass is 1860 g/mol. The number of unbranched alkanes of at least 4 members (excludes halogenated alkanes) is 56. The molecule has 0 spiro atoms. The van der Waals surface area contributed by atoms with Crippen molar-refractivity contribution < 1.29 is 37.9 Å². The molecule has 0 aliphatic carbocycles. The van der Waals surface area contributed by atoms with Gasteiger partial charge in [-0.25, -0.2) is 9.97 Å². The molecule has 0 atom stereocenters. The van der Waals surface area contributed by atoms with Crippen LogP contribution in [0.5, 0.6) is 46.0 Å². The predicted octanol–water partition coefficient (Wildman–Crippen LogP) is 39.5. The molecule has 2 aliphatic rings. The molecule has 754 valence electrons. The zero-order chi connectivity index (χ0) is 95.4. The highest BCUT2D eigenvalue weighted by atomic mass is 16.5. The molecule has 5 heterocycles. The van der Waals surface area contributed by atoms with Crippen molar-refractivity contribution in [3.63, 3.8) is 0 Å². The van der Waals surface area contributed by atoms with Crippen LogP contribution >= 0.6 is 0 Å². The van der Waals surface area contributed by atoms with E-state index in [0.29, 0.717) is 52.9 Å². The van der Waals surface area contributed by atoms with Gasteiger partial charge in [0, 0.05) is 44.3 Å². The molecule has 0 unspecified atom stereocenters. The van der Waals surface area contributed by atoms with Crippen LogP contribution in [-0.2, 0) is 0 Å². The first-order valence-electron chi connectivity index (χ1n) is 57.1. The number of H-pyrrole nitrogens is 2. The van der Waals surface area contributed by atoms with Gasteiger partial charge in [0.15, 0.2) is 46.0 Å². The van der Waals surface area contributed by atoms with Crippen LogP contribution in [-0.4, -0.2) is 72.8 Å². The van der Waals surface area contributed by atoms with Gasteiger partial charge in [-0.1, -0.05) is 439 Å². The van der Waals surface area contributed by atoms with Crippen LogP contribution in [0.3, 0.4) is 0 Å². The molecule has 0 radical (unpaired) electrons. The van der Waals surface area contributed by atoms with Crippen LogP contribution in [0.15, 0.2) is 97.1 Å². The Balaban J connectivity index is 1.28. The summed E-state index contributed by atoms with van der Waals surface area (Å²) in [5, 5.41) is 0. The minimum absolute atomic E-state index is 0.602. The average Bonchev–Trinajstić information content (AvgIpc) is 1.61. The molecule has 12 nitrogen and oxygen atoms in total. The van der Waals surface area contributed by atoms with E-state index in [4.69, 9.17) is 47.9 Å². The number of fused-ring (bicyclic) bond motifs is 8. The topological polar surface area (TPSA) is 131 Å². The summed E-state index contributed by atoms with van der Waals surface area (Å²) in [7, 11) is 0. The summed E-state index contributed by atoms with van der Waals surface area (Å²) in [6.07, 6.45) is 87.4. The molecule has 2 N–H and O–H groups in total. The summed E-state index contributed by atoms with van der Waals surface area (Å²) in [6.45, 7) is 23.3. The number of hydrogen-bond acceptors (Lipinski definition) is 10. The van der Waals surface area contributed by atoms with Crippen molar-refractivity contribution in [2.75, 3.05) is 52.9 Å². The molecule has 7 aromatic rings. The maximum Gasteiger partial charge on any atom is 0.161 e. The molecular weight excluding hydrogens is 1670 g/mol. The van der Waals surface area contributed by atoms with Crippen molar-refractivity contribution in [1.82, 2.24) is 19.9 Å². The summed E-state index contributed by atoms with van der Waals surface area (Å²) in [5.41, 5.74) is 14.6. The SMILES string of the molecule is CCCCCCCCCCOc1ccc(-c2c3nc(c(-c4ccc(OCCCCCCCCCC)c(OCCCCCCCCCC)c4)c4ccc([nH]4)c(-c4ccc(OCCCCCCCCCC)c(OCCCCCCCCCC)c4)c4nc(c(-c5ccc(OCCCCCCCCCC)c(OCCCCCCCCCC)c5)c5ccc2[nH]5)C=C4)C=C3)cc1OCCCCCCCCCC. The Kier molecular flexibility index (Phi) is 58.5. The molecule has 12 heteroatoms. The van der Waals surface area contributed by atoms with Crippen LogP contribution in [0.2, 0.25) is 0 Å². The van der Waals surface area contributed by atoms with Crippen LogP contribution in [0.4, 0.5) is 0 Å². The lowest BCUT2D eigenvalue weighted by atomic mass is 10.0. The van der Waals surface area contributed by atoms with E-state index in [1.165, 1.54) is 308 Å². The zero-order valence-electron chi connectivity index (χ0n) is 87.6. The van der Waals surface area contributed by atoms with Gasteiger partial charge in [-0.2, -0.15) is 0 Å². The Bertz CT molecular complexity index is 3990. The highest BCUT2D eigenvalue weighted by Gasteiger charge is 2.24. The summed E-state index contributed by atoms with van der Waals surface area (Å²) >= 11 is 0. The number of aromatic amines is 2. The standard InChI is InChI=1S/C124H190N4O8/c1-9-17-25-33-41-49-57-65-89-129-113-85-73-101(97-117(113)133-93-69-61-53-45-37-29-21-13-5)121-105-77-79-107(125-105)122(102-74-86-114(130-90-66-58-50-42-34-26-18-10-2)118(98-102)134-94-70-62-54-46-38-30-22-14-6)109-81-83-111(127-109)124(104-76-88-116(132-92-68-60-52-44-36-28-20-12-4)120(100-104)136-96-72-64-56-48-40-32-24-16-8)112-84-82-110(128-112)123(108-80-78-106(121)126-108)103-75-87-115(131-91-67-59-51-43-35-27-19-11-3)119(99-103)135-95-71-63-55-47-39-31-23-15-7/h73-88,97-100,125,128H,9-72,89-96H2,1-8H3. The van der Waals surface area contributed by atoms with E-state index >= 15 is 0 Å². The van der Waals surface area contributed by atoms with Crippen molar-refractivity contribution in [1.29, 1.82) is 0 Å². The first-order valence-corrected chi connectivity index (χ1v) is 57.1. The first kappa shape index (κ1) is 112. The molecule has 8 bridgehead atoms. The van der Waals surface area contributed by atoms with E-state index in [0.717, 1.165) is 238 Å². The Labute approximate surface area is 828 Å². The fourth-order valence-electron chi connectivity index (χ4n) is 19.3. The molecule has 0 fully saturated rings. The molecule has 0 saturated heterocycles. The third-order valence-electron chi connectivity index (χ3n) is 27.7. The number of benzene rings is 4. The number of ether oxygens (including phenoxy) is 8. The molecule has 3 aromatic heterocycles. The Morgan fingerprint density at radius 1 is 0.162 bits per heavy atom. The van der Waals surface area contributed by atoms with Crippen molar-refractivity contribution in [3.05, 3.63) is 120 Å². The highest BCUT2D eigenvalue weighted by Crippen LogP contribution is 2.45. The summed E-state index contributed by atoms with van der Waals surface area (Å²) < 4.78 is 55.8. The Hall–Kier alpha value is -8.12. The molecule has 9 rings (SSSR count). The Morgan fingerprint density at radius 3 is 0.456 bits per heavy atom. The van der Waals surface area contributed by atoms with Crippen molar-refractivity contribution in [2.24, 2.45) is 0 Å². The van der Waals surface area contributed by atoms with Crippen molar-refractivity contribution in [2.45, 2.75) is 466 Å². The van der Waals surface area contributed by atoms with E-state index in [1.54, 1.807) is 0 Å². The quantitative estimate of drug-likeness (QED) is 0.0355. The number of aromatic nitrogens is 4. The first-order chi connectivity index (χ1) is 67.3. The van der Waals surface area contributed by atoms with E-state index in [2.05, 4.69) is 187 Å². The van der Waals surface area contributed by atoms with Gasteiger partial charge in [0.1, 0.15) is 0 Å². The van der Waals surface area contributed by atoms with Crippen molar-refractivity contribution in [3.8, 4) is 90.5 Å². The van der Waals surface area contributed by atoms with E-state index in [1.807, 2.05) is 0 Å². The summed E-state index contributed by atoms with van der Waals surface area (Å²) in [4.78, 5) is 20.3. The average molecular weight is 1860 g/mol. The second-order valence-corrected chi connectivity index (χ2v) is 39.7. The van der Waals surface area contributed by atoms with Gasteiger partial charge in [-0.15, -0.1) is 0 Å². The van der Waals surface area contributed by atoms with Crippen LogP contribution < -0.4 is 37.9 Å². The van der Waals surface area contributed by atoms with Gasteiger partial charge in [0.2, 0.25) is 0 Å². The van der Waals surface area contributed by atoms with Gasteiger partial charge in [-0.05, 0) is 171 Å². The van der Waals surface area contributed by atoms with Gasteiger partial charge in [0.05, 0.1) is 75.6 Å². The summed E-state index contributed by atoms with van der Waals surface area (Å²) in [5.74, 6) is 6.16. The molecule has 0 saturated carbocycles. The minimum atomic E-state index is 0.602. The summed E-state index contributed by atoms with van der Waals surface area (Å²) in [6, 6.07) is 35.5. The second kappa shape index (κ2) is 71.3. The lowest BCUT2D eigenvalue weighted by Gasteiger charge is -2.16. The van der Waals surface area contributed by atoms with Gasteiger partial charge in [-0.3, -0.25) is 0 Å². The lowest BCUT2D eigenvalue weighted by Crippen LogP contribution is -2.03. The van der Waals surface area contributed by atoms with E-state index < -0.39 is 0 Å². The normalized spacial score (nSPS) is 11.8. The number of hydrogen-bond donors (Lipinski definition) is 2.